The monoisotopic (exact) mass is 350 g/mol. The van der Waals surface area contributed by atoms with E-state index in [0.717, 1.165) is 36.3 Å². The molecule has 0 saturated carbocycles. The Morgan fingerprint density at radius 3 is 2.77 bits per heavy atom. The number of rotatable bonds is 3. The minimum absolute atomic E-state index is 0.0453. The van der Waals surface area contributed by atoms with Crippen molar-refractivity contribution in [2.75, 3.05) is 6.54 Å². The van der Waals surface area contributed by atoms with Crippen LogP contribution in [-0.2, 0) is 7.05 Å². The van der Waals surface area contributed by atoms with E-state index in [9.17, 15) is 4.79 Å². The Hall–Kier alpha value is -2.96. The van der Waals surface area contributed by atoms with Crippen molar-refractivity contribution < 1.29 is 4.79 Å². The smallest absolute Gasteiger partial charge is 0.274 e. The average Bonchev–Trinajstić information content (AvgIpc) is 3.29. The number of nitrogens with one attached hydrogen (secondary N) is 1. The number of carbonyl (C=O) groups is 1. The molecule has 2 aromatic heterocycles. The maximum atomic E-state index is 13.0. The van der Waals surface area contributed by atoms with Gasteiger partial charge in [0.15, 0.2) is 11.5 Å². The Kier molecular flexibility index (Phi) is 4.28. The standard InChI is InChI=1S/C19H22N6O/c1-13-12-15(23-24(13)2)19(26)25-11-7-6-10-16(25)18-20-17(21-22-18)14-8-4-3-5-9-14/h3-5,8-9,12,16H,6-7,10-11H2,1-2H3,(H,20,21,22). The molecule has 3 aromatic rings. The van der Waals surface area contributed by atoms with Gasteiger partial charge in [0.1, 0.15) is 5.82 Å². The third-order valence-electron chi connectivity index (χ3n) is 4.95. The lowest BCUT2D eigenvalue weighted by atomic mass is 10.0. The topological polar surface area (TPSA) is 79.7 Å². The summed E-state index contributed by atoms with van der Waals surface area (Å²) in [5.74, 6) is 1.35. The number of aromatic nitrogens is 5. The molecule has 134 valence electrons. The highest BCUT2D eigenvalue weighted by Crippen LogP contribution is 2.31. The van der Waals surface area contributed by atoms with Gasteiger partial charge >= 0.3 is 0 Å². The molecule has 0 aliphatic carbocycles. The van der Waals surface area contributed by atoms with Gasteiger partial charge in [0.25, 0.3) is 5.91 Å². The largest absolute Gasteiger partial charge is 0.327 e. The van der Waals surface area contributed by atoms with E-state index in [1.54, 1.807) is 4.68 Å². The molecule has 4 rings (SSSR count). The van der Waals surface area contributed by atoms with E-state index in [-0.39, 0.29) is 11.9 Å². The number of piperidine rings is 1. The molecule has 26 heavy (non-hydrogen) atoms. The van der Waals surface area contributed by atoms with Crippen LogP contribution < -0.4 is 0 Å². The van der Waals surface area contributed by atoms with Gasteiger partial charge < -0.3 is 4.90 Å². The van der Waals surface area contributed by atoms with Crippen molar-refractivity contribution in [1.29, 1.82) is 0 Å². The fourth-order valence-electron chi connectivity index (χ4n) is 3.41. The Balaban J connectivity index is 1.62. The van der Waals surface area contributed by atoms with Crippen LogP contribution in [0.25, 0.3) is 11.4 Å². The number of aromatic amines is 1. The van der Waals surface area contributed by atoms with Crippen LogP contribution in [-0.4, -0.2) is 42.3 Å². The van der Waals surface area contributed by atoms with Gasteiger partial charge in [-0.05, 0) is 32.3 Å². The number of aryl methyl sites for hydroxylation is 2. The fourth-order valence-corrected chi connectivity index (χ4v) is 3.41. The molecular weight excluding hydrogens is 328 g/mol. The van der Waals surface area contributed by atoms with Gasteiger partial charge in [-0.15, -0.1) is 0 Å². The van der Waals surface area contributed by atoms with Crippen LogP contribution in [0.2, 0.25) is 0 Å². The van der Waals surface area contributed by atoms with E-state index >= 15 is 0 Å². The van der Waals surface area contributed by atoms with E-state index in [2.05, 4.69) is 20.3 Å². The van der Waals surface area contributed by atoms with Crippen LogP contribution in [0.1, 0.15) is 47.3 Å². The van der Waals surface area contributed by atoms with Crippen LogP contribution >= 0.6 is 0 Å². The predicted molar refractivity (Wildman–Crippen MR) is 97.4 cm³/mol. The number of hydrogen-bond donors (Lipinski definition) is 1. The molecule has 1 N–H and O–H groups in total. The second-order valence-electron chi connectivity index (χ2n) is 6.71. The highest BCUT2D eigenvalue weighted by atomic mass is 16.2. The summed E-state index contributed by atoms with van der Waals surface area (Å²) in [7, 11) is 1.85. The number of amides is 1. The summed E-state index contributed by atoms with van der Waals surface area (Å²) < 4.78 is 1.73. The molecule has 7 nitrogen and oxygen atoms in total. The molecule has 0 bridgehead atoms. The molecule has 3 heterocycles. The van der Waals surface area contributed by atoms with Crippen LogP contribution in [0.3, 0.4) is 0 Å². The minimum atomic E-state index is -0.0940. The SMILES string of the molecule is Cc1cc(C(=O)N2CCCCC2c2nc(-c3ccccc3)n[nH]2)nn1C. The van der Waals surface area contributed by atoms with Crippen LogP contribution in [0.5, 0.6) is 0 Å². The Morgan fingerprint density at radius 2 is 2.04 bits per heavy atom. The van der Waals surface area contributed by atoms with Gasteiger partial charge in [0.2, 0.25) is 0 Å². The van der Waals surface area contributed by atoms with Crippen molar-refractivity contribution in [2.45, 2.75) is 32.2 Å². The lowest BCUT2D eigenvalue weighted by molar-refractivity contribution is 0.0593. The summed E-state index contributed by atoms with van der Waals surface area (Å²) in [6.45, 7) is 2.65. The second kappa shape index (κ2) is 6.74. The molecule has 1 atom stereocenters. The van der Waals surface area contributed by atoms with Gasteiger partial charge in [-0.2, -0.15) is 10.2 Å². The Morgan fingerprint density at radius 1 is 1.23 bits per heavy atom. The van der Waals surface area contributed by atoms with E-state index < -0.39 is 0 Å². The first-order valence-corrected chi connectivity index (χ1v) is 8.93. The molecule has 7 heteroatoms. The van der Waals surface area contributed by atoms with Crippen molar-refractivity contribution in [2.24, 2.45) is 7.05 Å². The zero-order valence-corrected chi connectivity index (χ0v) is 15.0. The van der Waals surface area contributed by atoms with Crippen molar-refractivity contribution in [3.05, 3.63) is 53.6 Å². The van der Waals surface area contributed by atoms with Crippen LogP contribution in [0.4, 0.5) is 0 Å². The molecule has 1 unspecified atom stereocenters. The number of carbonyl (C=O) groups excluding carboxylic acids is 1. The van der Waals surface area contributed by atoms with Crippen molar-refractivity contribution in [1.82, 2.24) is 29.9 Å². The summed E-state index contributed by atoms with van der Waals surface area (Å²) >= 11 is 0. The molecule has 1 saturated heterocycles. The Bertz CT molecular complexity index is 894. The predicted octanol–water partition coefficient (Wildman–Crippen LogP) is 2.88. The number of nitrogens with zero attached hydrogens (tertiary/aromatic N) is 5. The van der Waals surface area contributed by atoms with Crippen LogP contribution in [0, 0.1) is 6.92 Å². The first-order valence-electron chi connectivity index (χ1n) is 8.93. The fraction of sp³-hybridized carbons (Fsp3) is 0.368. The zero-order chi connectivity index (χ0) is 18.1. The quantitative estimate of drug-likeness (QED) is 0.788. The lowest BCUT2D eigenvalue weighted by Crippen LogP contribution is -2.39. The number of benzene rings is 1. The summed E-state index contributed by atoms with van der Waals surface area (Å²) in [6, 6.07) is 11.6. The summed E-state index contributed by atoms with van der Waals surface area (Å²) in [6.07, 6.45) is 2.94. The van der Waals surface area contributed by atoms with E-state index in [1.807, 2.05) is 55.3 Å². The van der Waals surface area contributed by atoms with Gasteiger partial charge in [-0.1, -0.05) is 30.3 Å². The molecule has 1 amide bonds. The number of H-pyrrole nitrogens is 1. The molecular formula is C19H22N6O. The average molecular weight is 350 g/mol. The van der Waals surface area contributed by atoms with E-state index in [4.69, 9.17) is 0 Å². The molecule has 1 aliphatic rings. The highest BCUT2D eigenvalue weighted by Gasteiger charge is 2.32. The van der Waals surface area contributed by atoms with E-state index in [1.165, 1.54) is 0 Å². The molecule has 1 aliphatic heterocycles. The number of hydrogen-bond acceptors (Lipinski definition) is 4. The lowest BCUT2D eigenvalue weighted by Gasteiger charge is -2.33. The third-order valence-corrected chi connectivity index (χ3v) is 4.95. The molecule has 0 radical (unpaired) electrons. The summed E-state index contributed by atoms with van der Waals surface area (Å²) in [4.78, 5) is 19.6. The molecule has 0 spiro atoms. The van der Waals surface area contributed by atoms with Gasteiger partial charge in [0.05, 0.1) is 6.04 Å². The third kappa shape index (κ3) is 3.00. The number of likely N-dealkylation sites (tertiary alicyclic amines) is 1. The first-order chi connectivity index (χ1) is 12.6. The zero-order valence-electron chi connectivity index (χ0n) is 15.0. The second-order valence-corrected chi connectivity index (χ2v) is 6.71. The van der Waals surface area contributed by atoms with Crippen LogP contribution in [0.15, 0.2) is 36.4 Å². The molecule has 1 fully saturated rings. The maximum absolute atomic E-state index is 13.0. The minimum Gasteiger partial charge on any atom is -0.327 e. The summed E-state index contributed by atoms with van der Waals surface area (Å²) in [5, 5.41) is 11.7. The van der Waals surface area contributed by atoms with Gasteiger partial charge in [0, 0.05) is 24.8 Å². The van der Waals surface area contributed by atoms with E-state index in [0.29, 0.717) is 18.1 Å². The highest BCUT2D eigenvalue weighted by molar-refractivity contribution is 5.92. The van der Waals surface area contributed by atoms with Crippen molar-refractivity contribution >= 4 is 5.91 Å². The Labute approximate surface area is 152 Å². The maximum Gasteiger partial charge on any atom is 0.274 e. The van der Waals surface area contributed by atoms with Crippen molar-refractivity contribution in [3.63, 3.8) is 0 Å². The van der Waals surface area contributed by atoms with Crippen molar-refractivity contribution in [3.8, 4) is 11.4 Å². The first kappa shape index (κ1) is 16.5. The van der Waals surface area contributed by atoms with Gasteiger partial charge in [-0.25, -0.2) is 4.98 Å². The molecule has 1 aromatic carbocycles. The summed E-state index contributed by atoms with van der Waals surface area (Å²) in [5.41, 5.74) is 2.41. The van der Waals surface area contributed by atoms with Gasteiger partial charge in [-0.3, -0.25) is 14.6 Å². The normalized spacial score (nSPS) is 17.5.